The van der Waals surface area contributed by atoms with Crippen LogP contribution in [0.1, 0.15) is 17.8 Å². The lowest BCUT2D eigenvalue weighted by Gasteiger charge is -2.08. The molecule has 1 N–H and O–H groups in total. The average molecular weight is 269 g/mol. The van der Waals surface area contributed by atoms with Crippen LogP contribution in [0.5, 0.6) is 0 Å². The zero-order valence-corrected chi connectivity index (χ0v) is 10.2. The molecule has 19 heavy (non-hydrogen) atoms. The summed E-state index contributed by atoms with van der Waals surface area (Å²) < 4.78 is 39.8. The first-order chi connectivity index (χ1) is 9.04. The number of rotatable bonds is 2. The van der Waals surface area contributed by atoms with Gasteiger partial charge in [0.05, 0.1) is 5.69 Å². The zero-order valence-electron chi connectivity index (χ0n) is 10.2. The first-order valence-corrected chi connectivity index (χ1v) is 6.29. The highest BCUT2D eigenvalue weighted by Crippen LogP contribution is 2.30. The minimum atomic E-state index is -4.35. The molecule has 0 spiro atoms. The van der Waals surface area contributed by atoms with Crippen molar-refractivity contribution in [2.45, 2.75) is 19.0 Å². The summed E-state index contributed by atoms with van der Waals surface area (Å²) in [6.45, 7) is 1.89. The van der Waals surface area contributed by atoms with Crippen molar-refractivity contribution in [3.8, 4) is 0 Å². The highest BCUT2D eigenvalue weighted by atomic mass is 19.4. The van der Waals surface area contributed by atoms with Gasteiger partial charge in [0, 0.05) is 6.20 Å². The fourth-order valence-corrected chi connectivity index (χ4v) is 2.58. The number of hydrogen-bond acceptors (Lipinski definition) is 2. The lowest BCUT2D eigenvalue weighted by Crippen LogP contribution is -2.11. The highest BCUT2D eigenvalue weighted by Gasteiger charge is 2.33. The normalized spacial score (nSPS) is 20.3. The lowest BCUT2D eigenvalue weighted by atomic mass is 10.0. The average Bonchev–Trinajstić information content (AvgIpc) is 2.95. The molecule has 1 fully saturated rings. The second-order valence-electron chi connectivity index (χ2n) is 4.93. The van der Waals surface area contributed by atoms with Crippen LogP contribution in [0.2, 0.25) is 0 Å². The van der Waals surface area contributed by atoms with Crippen molar-refractivity contribution in [1.29, 1.82) is 0 Å². The standard InChI is InChI=1S/C13H14F3N3/c14-13(15,16)11-2-1-3-12-18-10(8-19(11)12)6-9-4-5-17-7-9/h1-3,8-9,17H,4-7H2. The van der Waals surface area contributed by atoms with E-state index in [-0.39, 0.29) is 0 Å². The van der Waals surface area contributed by atoms with Gasteiger partial charge in [-0.05, 0) is 44.0 Å². The molecule has 2 aromatic heterocycles. The SMILES string of the molecule is FC(F)(F)c1cccc2nc(CC3CCNC3)cn12. The van der Waals surface area contributed by atoms with E-state index in [2.05, 4.69) is 10.3 Å². The van der Waals surface area contributed by atoms with E-state index in [1.165, 1.54) is 12.3 Å². The third-order valence-corrected chi connectivity index (χ3v) is 3.49. The van der Waals surface area contributed by atoms with Crippen molar-refractivity contribution >= 4 is 5.65 Å². The van der Waals surface area contributed by atoms with Crippen LogP contribution in [0.25, 0.3) is 5.65 Å². The summed E-state index contributed by atoms with van der Waals surface area (Å²) in [5.41, 5.74) is 0.412. The Balaban J connectivity index is 1.96. The number of nitrogens with zero attached hydrogens (tertiary/aromatic N) is 2. The monoisotopic (exact) mass is 269 g/mol. The topological polar surface area (TPSA) is 29.3 Å². The minimum Gasteiger partial charge on any atom is -0.316 e. The zero-order chi connectivity index (χ0) is 13.5. The summed E-state index contributed by atoms with van der Waals surface area (Å²) in [6.07, 6.45) is -1.06. The van der Waals surface area contributed by atoms with Crippen LogP contribution in [-0.4, -0.2) is 22.5 Å². The molecule has 1 saturated heterocycles. The van der Waals surface area contributed by atoms with E-state index in [4.69, 9.17) is 0 Å². The Morgan fingerprint density at radius 2 is 2.21 bits per heavy atom. The molecule has 3 nitrogen and oxygen atoms in total. The molecule has 0 amide bonds. The predicted octanol–water partition coefficient (Wildman–Crippen LogP) is 2.51. The van der Waals surface area contributed by atoms with Crippen LogP contribution in [0.4, 0.5) is 13.2 Å². The van der Waals surface area contributed by atoms with Gasteiger partial charge in [-0.3, -0.25) is 4.40 Å². The van der Waals surface area contributed by atoms with Gasteiger partial charge >= 0.3 is 6.18 Å². The first-order valence-electron chi connectivity index (χ1n) is 6.29. The molecule has 0 aromatic carbocycles. The minimum absolute atomic E-state index is 0.357. The third-order valence-electron chi connectivity index (χ3n) is 3.49. The molecule has 1 atom stereocenters. The van der Waals surface area contributed by atoms with Crippen molar-refractivity contribution < 1.29 is 13.2 Å². The molecule has 0 aliphatic carbocycles. The summed E-state index contributed by atoms with van der Waals surface area (Å²) in [7, 11) is 0. The van der Waals surface area contributed by atoms with Gasteiger partial charge in [-0.2, -0.15) is 13.2 Å². The van der Waals surface area contributed by atoms with Crippen LogP contribution >= 0.6 is 0 Å². The summed E-state index contributed by atoms with van der Waals surface area (Å²) >= 11 is 0. The van der Waals surface area contributed by atoms with Crippen molar-refractivity contribution in [2.24, 2.45) is 5.92 Å². The van der Waals surface area contributed by atoms with Gasteiger partial charge in [0.25, 0.3) is 0 Å². The molecule has 3 rings (SSSR count). The second kappa shape index (κ2) is 4.52. The van der Waals surface area contributed by atoms with Crippen molar-refractivity contribution in [3.05, 3.63) is 35.8 Å². The number of pyridine rings is 1. The molecule has 2 aromatic rings. The summed E-state index contributed by atoms with van der Waals surface area (Å²) in [5, 5.41) is 3.25. The third kappa shape index (κ3) is 2.45. The van der Waals surface area contributed by atoms with Crippen LogP contribution in [0, 0.1) is 5.92 Å². The smallest absolute Gasteiger partial charge is 0.316 e. The Hall–Kier alpha value is -1.56. The molecule has 3 heterocycles. The van der Waals surface area contributed by atoms with E-state index in [0.717, 1.165) is 42.1 Å². The van der Waals surface area contributed by atoms with E-state index in [0.29, 0.717) is 11.6 Å². The van der Waals surface area contributed by atoms with E-state index in [1.807, 2.05) is 0 Å². The molecule has 6 heteroatoms. The summed E-state index contributed by atoms with van der Waals surface area (Å²) in [5.74, 6) is 0.472. The number of nitrogens with one attached hydrogen (secondary N) is 1. The lowest BCUT2D eigenvalue weighted by molar-refractivity contribution is -0.142. The maximum absolute atomic E-state index is 12.9. The van der Waals surface area contributed by atoms with Gasteiger partial charge in [0.2, 0.25) is 0 Å². The maximum Gasteiger partial charge on any atom is 0.431 e. The molecule has 0 radical (unpaired) electrons. The number of fused-ring (bicyclic) bond motifs is 1. The molecule has 1 aliphatic heterocycles. The second-order valence-corrected chi connectivity index (χ2v) is 4.93. The largest absolute Gasteiger partial charge is 0.431 e. The number of aromatic nitrogens is 2. The van der Waals surface area contributed by atoms with E-state index in [9.17, 15) is 13.2 Å². The molecular formula is C13H14F3N3. The Bertz CT molecular complexity index is 582. The number of alkyl halides is 3. The highest BCUT2D eigenvalue weighted by molar-refractivity contribution is 5.42. The summed E-state index contributed by atoms with van der Waals surface area (Å²) in [4.78, 5) is 4.29. The van der Waals surface area contributed by atoms with E-state index < -0.39 is 11.9 Å². The van der Waals surface area contributed by atoms with Crippen molar-refractivity contribution in [3.63, 3.8) is 0 Å². The van der Waals surface area contributed by atoms with Crippen molar-refractivity contribution in [2.75, 3.05) is 13.1 Å². The Kier molecular flexibility index (Phi) is 2.97. The van der Waals surface area contributed by atoms with Crippen LogP contribution in [-0.2, 0) is 12.6 Å². The predicted molar refractivity (Wildman–Crippen MR) is 64.9 cm³/mol. The van der Waals surface area contributed by atoms with Gasteiger partial charge in [-0.25, -0.2) is 4.98 Å². The molecule has 1 unspecified atom stereocenters. The maximum atomic E-state index is 12.9. The molecule has 0 saturated carbocycles. The van der Waals surface area contributed by atoms with Gasteiger partial charge in [-0.15, -0.1) is 0 Å². The Morgan fingerprint density at radius 1 is 1.37 bits per heavy atom. The molecular weight excluding hydrogens is 255 g/mol. The fourth-order valence-electron chi connectivity index (χ4n) is 2.58. The van der Waals surface area contributed by atoms with Gasteiger partial charge in [0.15, 0.2) is 0 Å². The van der Waals surface area contributed by atoms with Gasteiger partial charge in [0.1, 0.15) is 11.3 Å². The molecule has 102 valence electrons. The Morgan fingerprint density at radius 3 is 2.89 bits per heavy atom. The fraction of sp³-hybridized carbons (Fsp3) is 0.462. The Labute approximate surface area is 108 Å². The van der Waals surface area contributed by atoms with Crippen LogP contribution < -0.4 is 5.32 Å². The quantitative estimate of drug-likeness (QED) is 0.907. The van der Waals surface area contributed by atoms with Crippen molar-refractivity contribution in [1.82, 2.24) is 14.7 Å². The number of halogens is 3. The molecule has 1 aliphatic rings. The van der Waals surface area contributed by atoms with Crippen LogP contribution in [0.3, 0.4) is 0 Å². The number of imidazole rings is 1. The van der Waals surface area contributed by atoms with Gasteiger partial charge in [-0.1, -0.05) is 6.07 Å². The number of hydrogen-bond donors (Lipinski definition) is 1. The molecule has 0 bridgehead atoms. The summed E-state index contributed by atoms with van der Waals surface area (Å²) in [6, 6.07) is 4.08. The van der Waals surface area contributed by atoms with E-state index >= 15 is 0 Å². The first kappa shape index (κ1) is 12.5. The van der Waals surface area contributed by atoms with E-state index in [1.54, 1.807) is 6.07 Å². The van der Waals surface area contributed by atoms with Gasteiger partial charge < -0.3 is 5.32 Å². The van der Waals surface area contributed by atoms with Crippen LogP contribution in [0.15, 0.2) is 24.4 Å².